The fourth-order valence-electron chi connectivity index (χ4n) is 7.40. The summed E-state index contributed by atoms with van der Waals surface area (Å²) in [6.45, 7) is 3.77. The molecule has 350 valence electrons. The number of phosphoric acid groups is 1. The van der Waals surface area contributed by atoms with E-state index in [4.69, 9.17) is 24.3 Å². The van der Waals surface area contributed by atoms with Gasteiger partial charge in [-0.15, -0.1) is 0 Å². The second-order valence-electron chi connectivity index (χ2n) is 17.0. The molecule has 0 fully saturated rings. The van der Waals surface area contributed by atoms with E-state index in [1.165, 1.54) is 173 Å². The van der Waals surface area contributed by atoms with Gasteiger partial charge in [0, 0.05) is 19.4 Å². The van der Waals surface area contributed by atoms with Crippen molar-refractivity contribution in [2.45, 2.75) is 264 Å². The van der Waals surface area contributed by atoms with Gasteiger partial charge in [-0.05, 0) is 38.5 Å². The van der Waals surface area contributed by atoms with Crippen molar-refractivity contribution in [2.75, 3.05) is 26.4 Å². The maximum atomic E-state index is 12.6. The van der Waals surface area contributed by atoms with Crippen molar-refractivity contribution in [3.63, 3.8) is 0 Å². The van der Waals surface area contributed by atoms with Crippen LogP contribution in [0.25, 0.3) is 0 Å². The Morgan fingerprint density at radius 1 is 0.492 bits per heavy atom. The van der Waals surface area contributed by atoms with Gasteiger partial charge in [0.1, 0.15) is 6.61 Å². The SMILES string of the molecule is CCCCCCCCC/C=C\CCCCCCCC(=O)OC(COC(=O)CCCCCCCCCCCCCCCCCCCCCCCC)COP(=O)(O)OCCN. The fourth-order valence-corrected chi connectivity index (χ4v) is 8.16. The lowest BCUT2D eigenvalue weighted by molar-refractivity contribution is -0.161. The Labute approximate surface area is 364 Å². The van der Waals surface area contributed by atoms with Gasteiger partial charge in [-0.25, -0.2) is 4.57 Å². The van der Waals surface area contributed by atoms with E-state index in [-0.39, 0.29) is 38.6 Å². The number of hydrogen-bond donors (Lipinski definition) is 2. The van der Waals surface area contributed by atoms with Gasteiger partial charge in [-0.2, -0.15) is 0 Å². The summed E-state index contributed by atoms with van der Waals surface area (Å²) in [5.74, 6) is -0.823. The van der Waals surface area contributed by atoms with Crippen molar-refractivity contribution in [3.05, 3.63) is 12.2 Å². The summed E-state index contributed by atoms with van der Waals surface area (Å²) in [5.41, 5.74) is 5.36. The standard InChI is InChI=1S/C49H96NO8P/c1-3-5-7-9-11-13-15-17-19-21-22-23-24-25-26-28-29-31-33-35-37-39-41-48(51)55-45-47(46-57-59(53,54)56-44-43-50)58-49(52)42-40-38-36-34-32-30-27-20-18-16-14-12-10-8-6-4-2/h20,27,47H,3-19,21-26,28-46,50H2,1-2H3,(H,53,54)/b27-20-. The number of rotatable bonds is 48. The summed E-state index contributed by atoms with van der Waals surface area (Å²) in [5, 5.41) is 0. The van der Waals surface area contributed by atoms with Crippen LogP contribution < -0.4 is 5.73 Å². The molecule has 0 spiro atoms. The van der Waals surface area contributed by atoms with Crippen molar-refractivity contribution < 1.29 is 37.6 Å². The molecule has 2 unspecified atom stereocenters. The number of carbonyl (C=O) groups is 2. The maximum Gasteiger partial charge on any atom is 0.472 e. The summed E-state index contributed by atoms with van der Waals surface area (Å²) in [6.07, 6.45) is 49.7. The summed E-state index contributed by atoms with van der Waals surface area (Å²) < 4.78 is 32.9. The van der Waals surface area contributed by atoms with Crippen LogP contribution >= 0.6 is 7.82 Å². The number of unbranched alkanes of at least 4 members (excludes halogenated alkanes) is 33. The first-order valence-corrected chi connectivity index (χ1v) is 26.7. The zero-order valence-corrected chi connectivity index (χ0v) is 39.7. The Hall–Kier alpha value is -1.25. The van der Waals surface area contributed by atoms with Crippen molar-refractivity contribution in [2.24, 2.45) is 5.73 Å². The Balaban J connectivity index is 4.00. The second-order valence-corrected chi connectivity index (χ2v) is 18.5. The summed E-state index contributed by atoms with van der Waals surface area (Å²) in [6, 6.07) is 0. The van der Waals surface area contributed by atoms with Gasteiger partial charge in [0.2, 0.25) is 0 Å². The van der Waals surface area contributed by atoms with E-state index >= 15 is 0 Å². The van der Waals surface area contributed by atoms with Crippen LogP contribution in [-0.2, 0) is 32.7 Å². The Kier molecular flexibility index (Phi) is 45.3. The number of carbonyl (C=O) groups excluding carboxylic acids is 2. The van der Waals surface area contributed by atoms with Crippen LogP contribution in [0.1, 0.15) is 258 Å². The predicted molar refractivity (Wildman–Crippen MR) is 248 cm³/mol. The Bertz CT molecular complexity index is 980. The molecule has 0 aromatic carbocycles. The zero-order chi connectivity index (χ0) is 43.2. The van der Waals surface area contributed by atoms with E-state index in [9.17, 15) is 19.0 Å². The van der Waals surface area contributed by atoms with Crippen molar-refractivity contribution in [1.29, 1.82) is 0 Å². The molecule has 9 nitrogen and oxygen atoms in total. The van der Waals surface area contributed by atoms with Gasteiger partial charge in [0.05, 0.1) is 13.2 Å². The number of hydrogen-bond acceptors (Lipinski definition) is 8. The van der Waals surface area contributed by atoms with Crippen LogP contribution in [0.2, 0.25) is 0 Å². The predicted octanol–water partition coefficient (Wildman–Crippen LogP) is 15.0. The van der Waals surface area contributed by atoms with E-state index in [1.807, 2.05) is 0 Å². The number of nitrogens with two attached hydrogens (primary N) is 1. The molecule has 59 heavy (non-hydrogen) atoms. The molecule has 0 aliphatic carbocycles. The first-order valence-electron chi connectivity index (χ1n) is 25.2. The highest BCUT2D eigenvalue weighted by Gasteiger charge is 2.26. The molecular weight excluding hydrogens is 762 g/mol. The molecule has 2 atom stereocenters. The van der Waals surface area contributed by atoms with Gasteiger partial charge in [0.15, 0.2) is 6.10 Å². The van der Waals surface area contributed by atoms with E-state index in [2.05, 4.69) is 26.0 Å². The maximum absolute atomic E-state index is 12.6. The first kappa shape index (κ1) is 57.8. The topological polar surface area (TPSA) is 134 Å². The van der Waals surface area contributed by atoms with Crippen molar-refractivity contribution >= 4 is 19.8 Å². The molecule has 0 radical (unpaired) electrons. The number of phosphoric ester groups is 1. The third-order valence-electron chi connectivity index (χ3n) is 11.2. The monoisotopic (exact) mass is 858 g/mol. The second kappa shape index (κ2) is 46.3. The van der Waals surface area contributed by atoms with Crippen molar-refractivity contribution in [1.82, 2.24) is 0 Å². The lowest BCUT2D eigenvalue weighted by Crippen LogP contribution is -2.29. The van der Waals surface area contributed by atoms with E-state index in [1.54, 1.807) is 0 Å². The molecule has 10 heteroatoms. The molecule has 0 saturated heterocycles. The van der Waals surface area contributed by atoms with E-state index < -0.39 is 26.5 Å². The van der Waals surface area contributed by atoms with Gasteiger partial charge in [-0.1, -0.05) is 219 Å². The van der Waals surface area contributed by atoms with Crippen LogP contribution in [-0.4, -0.2) is 49.3 Å². The highest BCUT2D eigenvalue weighted by atomic mass is 31.2. The van der Waals surface area contributed by atoms with Gasteiger partial charge < -0.3 is 20.1 Å². The van der Waals surface area contributed by atoms with Gasteiger partial charge >= 0.3 is 19.8 Å². The minimum atomic E-state index is -4.38. The quantitative estimate of drug-likeness (QED) is 0.0265. The number of esters is 2. The summed E-state index contributed by atoms with van der Waals surface area (Å²) >= 11 is 0. The molecule has 0 amide bonds. The average molecular weight is 858 g/mol. The summed E-state index contributed by atoms with van der Waals surface area (Å²) in [7, 11) is -4.38. The molecular formula is C49H96NO8P. The average Bonchev–Trinajstić information content (AvgIpc) is 3.22. The highest BCUT2D eigenvalue weighted by Crippen LogP contribution is 2.43. The summed E-state index contributed by atoms with van der Waals surface area (Å²) in [4.78, 5) is 35.0. The van der Waals surface area contributed by atoms with E-state index in [0.717, 1.165) is 51.4 Å². The molecule has 0 heterocycles. The minimum Gasteiger partial charge on any atom is -0.462 e. The highest BCUT2D eigenvalue weighted by molar-refractivity contribution is 7.47. The van der Waals surface area contributed by atoms with Crippen LogP contribution in [0.4, 0.5) is 0 Å². The number of ether oxygens (including phenoxy) is 2. The number of allylic oxidation sites excluding steroid dienone is 2. The van der Waals surface area contributed by atoms with Gasteiger partial charge in [-0.3, -0.25) is 18.6 Å². The molecule has 0 aliphatic rings. The van der Waals surface area contributed by atoms with Crippen LogP contribution in [0.3, 0.4) is 0 Å². The largest absolute Gasteiger partial charge is 0.472 e. The Morgan fingerprint density at radius 3 is 1.20 bits per heavy atom. The lowest BCUT2D eigenvalue weighted by Gasteiger charge is -2.19. The molecule has 0 rings (SSSR count). The smallest absolute Gasteiger partial charge is 0.462 e. The fraction of sp³-hybridized carbons (Fsp3) is 0.918. The van der Waals surface area contributed by atoms with Gasteiger partial charge in [0.25, 0.3) is 0 Å². The lowest BCUT2D eigenvalue weighted by atomic mass is 10.0. The molecule has 0 aliphatic heterocycles. The molecule has 0 saturated carbocycles. The normalized spacial score (nSPS) is 13.2. The first-order chi connectivity index (χ1) is 28.8. The van der Waals surface area contributed by atoms with Crippen LogP contribution in [0.15, 0.2) is 12.2 Å². The molecule has 0 aromatic heterocycles. The Morgan fingerprint density at radius 2 is 0.831 bits per heavy atom. The van der Waals surface area contributed by atoms with Crippen molar-refractivity contribution in [3.8, 4) is 0 Å². The third-order valence-corrected chi connectivity index (χ3v) is 12.1. The molecule has 0 aromatic rings. The van der Waals surface area contributed by atoms with E-state index in [0.29, 0.717) is 6.42 Å². The minimum absolute atomic E-state index is 0.0551. The molecule has 0 bridgehead atoms. The van der Waals surface area contributed by atoms with Crippen LogP contribution in [0.5, 0.6) is 0 Å². The molecule has 3 N–H and O–H groups in total. The van der Waals surface area contributed by atoms with Crippen LogP contribution in [0, 0.1) is 0 Å². The zero-order valence-electron chi connectivity index (χ0n) is 38.8. The third kappa shape index (κ3) is 46.1.